The summed E-state index contributed by atoms with van der Waals surface area (Å²) in [7, 11) is 0. The summed E-state index contributed by atoms with van der Waals surface area (Å²) in [6, 6.07) is 0.250. The van der Waals surface area contributed by atoms with Crippen LogP contribution in [0.1, 0.15) is 73.2 Å². The highest BCUT2D eigenvalue weighted by atomic mass is 32.1. The molecule has 0 saturated heterocycles. The topological polar surface area (TPSA) is 88.2 Å². The molecule has 3 aliphatic rings. The molecule has 0 bridgehead atoms. The van der Waals surface area contributed by atoms with Crippen molar-refractivity contribution in [1.29, 1.82) is 0 Å². The molecule has 2 saturated carbocycles. The van der Waals surface area contributed by atoms with Crippen LogP contribution in [0.15, 0.2) is 0 Å². The Balaban J connectivity index is 1.39. The molecule has 0 aliphatic heterocycles. The van der Waals surface area contributed by atoms with E-state index < -0.39 is 0 Å². The van der Waals surface area contributed by atoms with Crippen molar-refractivity contribution < 1.29 is 14.4 Å². The number of carbonyl (C=O) groups is 3. The average molecular weight is 375 g/mol. The molecule has 0 radical (unpaired) electrons. The summed E-state index contributed by atoms with van der Waals surface area (Å²) in [5, 5.41) is 6.46. The van der Waals surface area contributed by atoms with Gasteiger partial charge in [0.25, 0.3) is 0 Å². The third-order valence-corrected chi connectivity index (χ3v) is 6.90. The lowest BCUT2D eigenvalue weighted by molar-refractivity contribution is -0.126. The Morgan fingerprint density at radius 1 is 0.923 bits per heavy atom. The van der Waals surface area contributed by atoms with Crippen molar-refractivity contribution >= 4 is 34.1 Å². The highest BCUT2D eigenvalue weighted by Crippen LogP contribution is 2.34. The van der Waals surface area contributed by atoms with E-state index in [9.17, 15) is 14.4 Å². The summed E-state index contributed by atoms with van der Waals surface area (Å²) in [5.74, 6) is -0.308. The first-order valence-electron chi connectivity index (χ1n) is 9.74. The number of amides is 2. The van der Waals surface area contributed by atoms with Gasteiger partial charge in [0, 0.05) is 24.8 Å². The van der Waals surface area contributed by atoms with Gasteiger partial charge in [-0.1, -0.05) is 37.0 Å². The molecule has 0 spiro atoms. The summed E-state index contributed by atoms with van der Waals surface area (Å²) in [4.78, 5) is 42.2. The third kappa shape index (κ3) is 3.68. The SMILES string of the molecule is O=C1CC(C(=O)NC2CCCCC2)Cc2nc(NC(=O)C3CCC3)sc21. The van der Waals surface area contributed by atoms with Crippen molar-refractivity contribution in [2.24, 2.45) is 11.8 Å². The maximum Gasteiger partial charge on any atom is 0.229 e. The second kappa shape index (κ2) is 7.47. The van der Waals surface area contributed by atoms with Crippen molar-refractivity contribution in [3.8, 4) is 0 Å². The molecule has 4 rings (SSSR count). The highest BCUT2D eigenvalue weighted by molar-refractivity contribution is 7.17. The molecule has 2 N–H and O–H groups in total. The average Bonchev–Trinajstić information content (AvgIpc) is 2.97. The monoisotopic (exact) mass is 375 g/mol. The molecule has 140 valence electrons. The van der Waals surface area contributed by atoms with Gasteiger partial charge in [-0.15, -0.1) is 0 Å². The van der Waals surface area contributed by atoms with Crippen LogP contribution in [0.3, 0.4) is 0 Å². The Labute approximate surface area is 157 Å². The zero-order valence-electron chi connectivity index (χ0n) is 14.9. The van der Waals surface area contributed by atoms with E-state index in [0.717, 1.165) is 44.9 Å². The van der Waals surface area contributed by atoms with Crippen LogP contribution in [0.2, 0.25) is 0 Å². The molecule has 2 amide bonds. The number of hydrogen-bond donors (Lipinski definition) is 2. The number of nitrogens with zero attached hydrogens (tertiary/aromatic N) is 1. The number of aromatic nitrogens is 1. The van der Waals surface area contributed by atoms with E-state index in [4.69, 9.17) is 0 Å². The minimum atomic E-state index is -0.339. The number of thiazole rings is 1. The number of carbonyl (C=O) groups excluding carboxylic acids is 3. The largest absolute Gasteiger partial charge is 0.353 e. The Hall–Kier alpha value is -1.76. The summed E-state index contributed by atoms with van der Waals surface area (Å²) >= 11 is 1.25. The number of rotatable bonds is 4. The fraction of sp³-hybridized carbons (Fsp3) is 0.684. The molecule has 1 unspecified atom stereocenters. The first-order valence-corrected chi connectivity index (χ1v) is 10.6. The first-order chi connectivity index (χ1) is 12.6. The smallest absolute Gasteiger partial charge is 0.229 e. The molecule has 2 fully saturated rings. The predicted molar refractivity (Wildman–Crippen MR) is 99.2 cm³/mol. The van der Waals surface area contributed by atoms with Crippen LogP contribution >= 0.6 is 11.3 Å². The van der Waals surface area contributed by atoms with Gasteiger partial charge in [-0.2, -0.15) is 0 Å². The standard InChI is InChI=1S/C19H25N3O3S/c23-15-10-12(18(25)20-13-7-2-1-3-8-13)9-14-16(15)26-19(21-14)22-17(24)11-5-4-6-11/h11-13H,1-10H2,(H,20,25)(H,21,22,24). The maximum atomic E-state index is 12.6. The third-order valence-electron chi connectivity index (χ3n) is 5.85. The number of nitrogens with one attached hydrogen (secondary N) is 2. The lowest BCUT2D eigenvalue weighted by Gasteiger charge is -2.26. The van der Waals surface area contributed by atoms with Gasteiger partial charge in [0.05, 0.1) is 16.5 Å². The fourth-order valence-electron chi connectivity index (χ4n) is 4.01. The Bertz CT molecular complexity index is 720. The van der Waals surface area contributed by atoms with Gasteiger partial charge in [0.15, 0.2) is 10.9 Å². The number of anilines is 1. The van der Waals surface area contributed by atoms with Gasteiger partial charge in [-0.25, -0.2) is 4.98 Å². The van der Waals surface area contributed by atoms with Gasteiger partial charge in [0.2, 0.25) is 11.8 Å². The van der Waals surface area contributed by atoms with Crippen LogP contribution in [-0.2, 0) is 16.0 Å². The van der Waals surface area contributed by atoms with Crippen molar-refractivity contribution in [3.63, 3.8) is 0 Å². The predicted octanol–water partition coefficient (Wildman–Crippen LogP) is 3.08. The van der Waals surface area contributed by atoms with E-state index in [2.05, 4.69) is 15.6 Å². The van der Waals surface area contributed by atoms with Gasteiger partial charge in [0.1, 0.15) is 0 Å². The van der Waals surface area contributed by atoms with E-state index >= 15 is 0 Å². The van der Waals surface area contributed by atoms with Crippen molar-refractivity contribution in [1.82, 2.24) is 10.3 Å². The van der Waals surface area contributed by atoms with Gasteiger partial charge >= 0.3 is 0 Å². The minimum Gasteiger partial charge on any atom is -0.353 e. The fourth-order valence-corrected chi connectivity index (χ4v) is 4.96. The molecule has 3 aliphatic carbocycles. The molecular weight excluding hydrogens is 350 g/mol. The van der Waals surface area contributed by atoms with Crippen LogP contribution in [0.5, 0.6) is 0 Å². The molecule has 7 heteroatoms. The summed E-state index contributed by atoms with van der Waals surface area (Å²) < 4.78 is 0. The Morgan fingerprint density at radius 3 is 2.38 bits per heavy atom. The minimum absolute atomic E-state index is 0.00128. The van der Waals surface area contributed by atoms with Crippen LogP contribution in [0, 0.1) is 11.8 Å². The molecule has 1 heterocycles. The number of Topliss-reactive ketones (excluding diaryl/α,β-unsaturated/α-hetero) is 1. The second-order valence-corrected chi connectivity index (χ2v) is 8.78. The maximum absolute atomic E-state index is 12.6. The van der Waals surface area contributed by atoms with Crippen LogP contribution in [0.4, 0.5) is 5.13 Å². The molecule has 26 heavy (non-hydrogen) atoms. The van der Waals surface area contributed by atoms with E-state index in [1.165, 1.54) is 17.8 Å². The molecule has 1 aromatic rings. The van der Waals surface area contributed by atoms with E-state index in [-0.39, 0.29) is 41.9 Å². The van der Waals surface area contributed by atoms with Gasteiger partial charge in [-0.05, 0) is 25.7 Å². The molecular formula is C19H25N3O3S. The molecule has 1 aromatic heterocycles. The first kappa shape index (κ1) is 17.6. The summed E-state index contributed by atoms with van der Waals surface area (Å²) in [5.41, 5.74) is 0.666. The Kier molecular flexibility index (Phi) is 5.07. The zero-order valence-corrected chi connectivity index (χ0v) is 15.7. The normalized spacial score (nSPS) is 23.8. The second-order valence-electron chi connectivity index (χ2n) is 7.78. The number of ketones is 1. The van der Waals surface area contributed by atoms with Crippen LogP contribution < -0.4 is 10.6 Å². The van der Waals surface area contributed by atoms with Crippen molar-refractivity contribution in [2.45, 2.75) is 70.3 Å². The lowest BCUT2D eigenvalue weighted by Crippen LogP contribution is -2.42. The van der Waals surface area contributed by atoms with Crippen LogP contribution in [0.25, 0.3) is 0 Å². The lowest BCUT2D eigenvalue weighted by atomic mass is 9.85. The number of hydrogen-bond acceptors (Lipinski definition) is 5. The molecule has 0 aromatic carbocycles. The molecule has 6 nitrogen and oxygen atoms in total. The van der Waals surface area contributed by atoms with Crippen molar-refractivity contribution in [2.75, 3.05) is 5.32 Å². The quantitative estimate of drug-likeness (QED) is 0.846. The summed E-state index contributed by atoms with van der Waals surface area (Å²) in [6.07, 6.45) is 9.31. The van der Waals surface area contributed by atoms with E-state index in [1.54, 1.807) is 0 Å². The van der Waals surface area contributed by atoms with E-state index in [1.807, 2.05) is 0 Å². The highest BCUT2D eigenvalue weighted by Gasteiger charge is 2.34. The van der Waals surface area contributed by atoms with Crippen molar-refractivity contribution in [3.05, 3.63) is 10.6 Å². The van der Waals surface area contributed by atoms with Gasteiger partial charge in [-0.3, -0.25) is 14.4 Å². The number of fused-ring (bicyclic) bond motifs is 1. The zero-order chi connectivity index (χ0) is 18.1. The molecule has 1 atom stereocenters. The summed E-state index contributed by atoms with van der Waals surface area (Å²) in [6.45, 7) is 0. The van der Waals surface area contributed by atoms with E-state index in [0.29, 0.717) is 22.1 Å². The van der Waals surface area contributed by atoms with Crippen LogP contribution in [-0.4, -0.2) is 28.6 Å². The Morgan fingerprint density at radius 2 is 1.69 bits per heavy atom. The van der Waals surface area contributed by atoms with Gasteiger partial charge < -0.3 is 10.6 Å².